The van der Waals surface area contributed by atoms with E-state index in [-0.39, 0.29) is 0 Å². The molecule has 0 saturated heterocycles. The Morgan fingerprint density at radius 2 is 2.24 bits per heavy atom. The molecule has 25 heavy (non-hydrogen) atoms. The van der Waals surface area contributed by atoms with Crippen molar-refractivity contribution < 1.29 is 4.52 Å². The van der Waals surface area contributed by atoms with Crippen molar-refractivity contribution in [1.82, 2.24) is 25.3 Å². The smallest absolute Gasteiger partial charge is 0.233 e. The summed E-state index contributed by atoms with van der Waals surface area (Å²) in [6.45, 7) is 2.58. The molecule has 1 saturated carbocycles. The van der Waals surface area contributed by atoms with Crippen molar-refractivity contribution in [2.45, 2.75) is 45.1 Å². The lowest BCUT2D eigenvalue weighted by Gasteiger charge is -2.19. The Kier molecular flexibility index (Phi) is 4.09. The maximum atomic E-state index is 5.83. The number of aromatic amines is 1. The maximum absolute atomic E-state index is 5.83. The number of hydrogen-bond acceptors (Lipinski definition) is 7. The first-order valence-electron chi connectivity index (χ1n) is 8.58. The molecule has 8 heteroatoms. The fourth-order valence-electron chi connectivity index (χ4n) is 2.76. The largest absolute Gasteiger partial charge is 0.384 e. The van der Waals surface area contributed by atoms with Crippen LogP contribution in [-0.2, 0) is 13.0 Å². The first-order chi connectivity index (χ1) is 12.2. The van der Waals surface area contributed by atoms with Gasteiger partial charge in [-0.1, -0.05) is 18.5 Å². The van der Waals surface area contributed by atoms with Crippen LogP contribution in [0.15, 0.2) is 28.9 Å². The Morgan fingerprint density at radius 1 is 1.36 bits per heavy atom. The summed E-state index contributed by atoms with van der Waals surface area (Å²) in [6.07, 6.45) is 5.97. The van der Waals surface area contributed by atoms with Gasteiger partial charge in [0.05, 0.1) is 17.9 Å². The number of H-pyrrole nitrogens is 1. The van der Waals surface area contributed by atoms with Crippen LogP contribution >= 0.6 is 0 Å². The predicted octanol–water partition coefficient (Wildman–Crippen LogP) is 2.94. The molecule has 0 amide bonds. The van der Waals surface area contributed by atoms with Crippen LogP contribution in [-0.4, -0.2) is 25.3 Å². The molecule has 0 aliphatic heterocycles. The molecule has 1 aliphatic rings. The van der Waals surface area contributed by atoms with Crippen molar-refractivity contribution in [2.75, 3.05) is 10.6 Å². The molecule has 1 aliphatic carbocycles. The zero-order valence-electron chi connectivity index (χ0n) is 14.1. The van der Waals surface area contributed by atoms with Crippen LogP contribution < -0.4 is 10.6 Å². The summed E-state index contributed by atoms with van der Waals surface area (Å²) in [5.74, 6) is 3.03. The van der Waals surface area contributed by atoms with Crippen LogP contribution in [0.5, 0.6) is 0 Å². The van der Waals surface area contributed by atoms with Gasteiger partial charge in [0.15, 0.2) is 5.76 Å². The van der Waals surface area contributed by atoms with Crippen LogP contribution in [0.2, 0.25) is 0 Å². The Morgan fingerprint density at radius 3 is 3.00 bits per heavy atom. The fourth-order valence-corrected chi connectivity index (χ4v) is 2.76. The van der Waals surface area contributed by atoms with Crippen LogP contribution in [0.3, 0.4) is 0 Å². The highest BCUT2D eigenvalue weighted by molar-refractivity contribution is 5.54. The van der Waals surface area contributed by atoms with Gasteiger partial charge in [0.1, 0.15) is 11.6 Å². The van der Waals surface area contributed by atoms with E-state index in [2.05, 4.69) is 32.2 Å². The molecule has 0 radical (unpaired) electrons. The number of aromatic nitrogens is 5. The maximum Gasteiger partial charge on any atom is 0.233 e. The standard InChI is InChI=1S/C17H21N7O/c1-2-3-12-8-16(22-21-12)24(17-19-7-6-15(18)20-17)10-13-9-14(23-25-13)11-4-5-11/h6-9,11H,2-5,10H2,1H3,(H,21,22)(H2,18,19,20). The number of aryl methyl sites for hydroxylation is 1. The number of hydrogen-bond donors (Lipinski definition) is 2. The third kappa shape index (κ3) is 3.47. The lowest BCUT2D eigenvalue weighted by Crippen LogP contribution is -2.19. The van der Waals surface area contributed by atoms with Gasteiger partial charge in [0.2, 0.25) is 5.95 Å². The lowest BCUT2D eigenvalue weighted by molar-refractivity contribution is 0.377. The lowest BCUT2D eigenvalue weighted by atomic mass is 10.2. The van der Waals surface area contributed by atoms with Crippen LogP contribution in [0.4, 0.5) is 17.6 Å². The highest BCUT2D eigenvalue weighted by Gasteiger charge is 2.28. The van der Waals surface area contributed by atoms with Gasteiger partial charge in [-0.25, -0.2) is 4.98 Å². The first-order valence-corrected chi connectivity index (χ1v) is 8.58. The zero-order valence-corrected chi connectivity index (χ0v) is 14.1. The second kappa shape index (κ2) is 6.54. The topological polar surface area (TPSA) is 110 Å². The molecule has 8 nitrogen and oxygen atoms in total. The molecule has 4 rings (SSSR count). The normalized spacial score (nSPS) is 14.0. The molecular formula is C17H21N7O. The molecular weight excluding hydrogens is 318 g/mol. The Bertz CT molecular complexity index is 852. The summed E-state index contributed by atoms with van der Waals surface area (Å²) < 4.78 is 5.51. The third-order valence-corrected chi connectivity index (χ3v) is 4.21. The average Bonchev–Trinajstić information content (AvgIpc) is 3.17. The summed E-state index contributed by atoms with van der Waals surface area (Å²) in [5.41, 5.74) is 7.86. The van der Waals surface area contributed by atoms with Gasteiger partial charge in [-0.3, -0.25) is 10.00 Å². The molecule has 130 valence electrons. The second-order valence-corrected chi connectivity index (χ2v) is 6.35. The molecule has 0 spiro atoms. The van der Waals surface area contributed by atoms with Crippen LogP contribution in [0.1, 0.15) is 49.3 Å². The van der Waals surface area contributed by atoms with Crippen molar-refractivity contribution >= 4 is 17.6 Å². The van der Waals surface area contributed by atoms with Gasteiger partial charge in [-0.15, -0.1) is 0 Å². The van der Waals surface area contributed by atoms with Gasteiger partial charge < -0.3 is 10.3 Å². The summed E-state index contributed by atoms with van der Waals surface area (Å²) in [4.78, 5) is 10.6. The average molecular weight is 339 g/mol. The Labute approximate surface area is 145 Å². The highest BCUT2D eigenvalue weighted by atomic mass is 16.5. The summed E-state index contributed by atoms with van der Waals surface area (Å²) in [5, 5.41) is 11.6. The van der Waals surface area contributed by atoms with Crippen molar-refractivity contribution in [3.8, 4) is 0 Å². The SMILES string of the molecule is CCCc1cc(N(Cc2cc(C3CC3)no2)c2nccc(N)n2)[nH]n1. The molecule has 3 aromatic heterocycles. The van der Waals surface area contributed by atoms with E-state index in [9.17, 15) is 0 Å². The van der Waals surface area contributed by atoms with Gasteiger partial charge in [0, 0.05) is 24.2 Å². The summed E-state index contributed by atoms with van der Waals surface area (Å²) in [7, 11) is 0. The molecule has 0 atom stereocenters. The van der Waals surface area contributed by atoms with E-state index in [1.807, 2.05) is 17.0 Å². The number of anilines is 3. The number of nitrogens with zero attached hydrogens (tertiary/aromatic N) is 5. The van der Waals surface area contributed by atoms with Crippen molar-refractivity contribution in [3.05, 3.63) is 41.5 Å². The van der Waals surface area contributed by atoms with E-state index >= 15 is 0 Å². The van der Waals surface area contributed by atoms with Crippen molar-refractivity contribution in [3.63, 3.8) is 0 Å². The molecule has 3 heterocycles. The molecule has 3 aromatic rings. The molecule has 1 fully saturated rings. The quantitative estimate of drug-likeness (QED) is 0.681. The molecule has 0 unspecified atom stereocenters. The monoisotopic (exact) mass is 339 g/mol. The van der Waals surface area contributed by atoms with Crippen molar-refractivity contribution in [2.24, 2.45) is 0 Å². The van der Waals surface area contributed by atoms with E-state index < -0.39 is 0 Å². The van der Waals surface area contributed by atoms with E-state index in [0.717, 1.165) is 35.8 Å². The van der Waals surface area contributed by atoms with Crippen LogP contribution in [0, 0.1) is 0 Å². The first kappa shape index (κ1) is 15.6. The zero-order chi connectivity index (χ0) is 17.2. The van der Waals surface area contributed by atoms with Gasteiger partial charge in [-0.2, -0.15) is 10.1 Å². The fraction of sp³-hybridized carbons (Fsp3) is 0.412. The number of nitrogens with two attached hydrogens (primary N) is 1. The number of nitrogen functional groups attached to an aromatic ring is 1. The summed E-state index contributed by atoms with van der Waals surface area (Å²) >= 11 is 0. The van der Waals surface area contributed by atoms with Gasteiger partial charge >= 0.3 is 0 Å². The third-order valence-electron chi connectivity index (χ3n) is 4.21. The van der Waals surface area contributed by atoms with E-state index in [1.54, 1.807) is 12.3 Å². The second-order valence-electron chi connectivity index (χ2n) is 6.35. The highest BCUT2D eigenvalue weighted by Crippen LogP contribution is 2.39. The minimum absolute atomic E-state index is 0.416. The molecule has 3 N–H and O–H groups in total. The summed E-state index contributed by atoms with van der Waals surface area (Å²) in [6, 6.07) is 5.69. The Balaban J connectivity index is 1.64. The Hall–Kier alpha value is -2.90. The van der Waals surface area contributed by atoms with Crippen molar-refractivity contribution in [1.29, 1.82) is 0 Å². The van der Waals surface area contributed by atoms with Gasteiger partial charge in [-0.05, 0) is 25.3 Å². The van der Waals surface area contributed by atoms with Crippen LogP contribution in [0.25, 0.3) is 0 Å². The minimum Gasteiger partial charge on any atom is -0.384 e. The van der Waals surface area contributed by atoms with E-state index in [0.29, 0.717) is 24.2 Å². The minimum atomic E-state index is 0.416. The number of rotatable bonds is 7. The number of nitrogens with one attached hydrogen (secondary N) is 1. The predicted molar refractivity (Wildman–Crippen MR) is 93.3 cm³/mol. The van der Waals surface area contributed by atoms with E-state index in [4.69, 9.17) is 10.3 Å². The molecule has 0 bridgehead atoms. The van der Waals surface area contributed by atoms with E-state index in [1.165, 1.54) is 12.8 Å². The van der Waals surface area contributed by atoms with Gasteiger partial charge in [0.25, 0.3) is 0 Å². The molecule has 0 aromatic carbocycles.